The molecule has 3 rings (SSSR count). The second kappa shape index (κ2) is 7.63. The third kappa shape index (κ3) is 4.08. The lowest BCUT2D eigenvalue weighted by molar-refractivity contribution is -0.115. The molecular weight excluding hydrogens is 472 g/mol. The highest BCUT2D eigenvalue weighted by Gasteiger charge is 2.24. The third-order valence-corrected chi connectivity index (χ3v) is 5.41. The average Bonchev–Trinajstić information content (AvgIpc) is 2.92. The van der Waals surface area contributed by atoms with E-state index in [1.54, 1.807) is 25.3 Å². The Kier molecular flexibility index (Phi) is 5.51. The molecular formula is C17H12Br2N2O3S. The van der Waals surface area contributed by atoms with Crippen LogP contribution in [0.2, 0.25) is 0 Å². The van der Waals surface area contributed by atoms with Gasteiger partial charge >= 0.3 is 0 Å². The number of halogens is 2. The van der Waals surface area contributed by atoms with Crippen molar-refractivity contribution in [3.63, 3.8) is 0 Å². The molecule has 1 saturated heterocycles. The van der Waals surface area contributed by atoms with E-state index in [4.69, 9.17) is 4.74 Å². The summed E-state index contributed by atoms with van der Waals surface area (Å²) in [5, 5.41) is 13.0. The van der Waals surface area contributed by atoms with Gasteiger partial charge in [0, 0.05) is 0 Å². The van der Waals surface area contributed by atoms with Crippen molar-refractivity contribution < 1.29 is 14.6 Å². The molecule has 0 spiro atoms. The maximum Gasteiger partial charge on any atom is 0.264 e. The van der Waals surface area contributed by atoms with Crippen LogP contribution < -0.4 is 10.1 Å². The number of rotatable bonds is 3. The van der Waals surface area contributed by atoms with Crippen LogP contribution >= 0.6 is 43.6 Å². The number of phenols is 1. The third-order valence-electron chi connectivity index (χ3n) is 3.30. The Balaban J connectivity index is 1.89. The minimum Gasteiger partial charge on any atom is -0.506 e. The Morgan fingerprint density at radius 1 is 1.24 bits per heavy atom. The zero-order chi connectivity index (χ0) is 18.0. The monoisotopic (exact) mass is 482 g/mol. The summed E-state index contributed by atoms with van der Waals surface area (Å²) in [5.41, 5.74) is 1.41. The topological polar surface area (TPSA) is 70.9 Å². The largest absolute Gasteiger partial charge is 0.506 e. The van der Waals surface area contributed by atoms with Crippen LogP contribution in [0.25, 0.3) is 6.08 Å². The van der Waals surface area contributed by atoms with Crippen molar-refractivity contribution in [3.05, 3.63) is 55.8 Å². The Hall–Kier alpha value is -1.77. The lowest BCUT2D eigenvalue weighted by Crippen LogP contribution is -2.19. The van der Waals surface area contributed by atoms with Gasteiger partial charge in [-0.2, -0.15) is 0 Å². The molecule has 128 valence electrons. The number of amidine groups is 1. The quantitative estimate of drug-likeness (QED) is 0.614. The molecule has 2 N–H and O–H groups in total. The summed E-state index contributed by atoms with van der Waals surface area (Å²) >= 11 is 7.80. The van der Waals surface area contributed by atoms with Crippen molar-refractivity contribution in [2.45, 2.75) is 0 Å². The molecule has 0 unspecified atom stereocenters. The maximum absolute atomic E-state index is 12.2. The van der Waals surface area contributed by atoms with Gasteiger partial charge in [0.15, 0.2) is 5.17 Å². The molecule has 25 heavy (non-hydrogen) atoms. The molecule has 0 saturated carbocycles. The van der Waals surface area contributed by atoms with Gasteiger partial charge in [0.2, 0.25) is 0 Å². The molecule has 0 aromatic heterocycles. The number of ether oxygens (including phenoxy) is 1. The lowest BCUT2D eigenvalue weighted by Gasteiger charge is -2.03. The summed E-state index contributed by atoms with van der Waals surface area (Å²) < 4.78 is 6.35. The molecule has 0 bridgehead atoms. The molecule has 5 nitrogen and oxygen atoms in total. The average molecular weight is 484 g/mol. The number of nitrogens with zero attached hydrogens (tertiary/aromatic N) is 1. The van der Waals surface area contributed by atoms with Crippen LogP contribution in [0.3, 0.4) is 0 Å². The number of phenolic OH excluding ortho intramolecular Hbond substituents is 1. The van der Waals surface area contributed by atoms with Gasteiger partial charge in [-0.05, 0) is 79.5 Å². The van der Waals surface area contributed by atoms with E-state index in [2.05, 4.69) is 42.2 Å². The number of amides is 1. The van der Waals surface area contributed by atoms with E-state index in [1.165, 1.54) is 11.8 Å². The molecule has 1 heterocycles. The number of hydrogen-bond acceptors (Lipinski definition) is 5. The molecule has 0 radical (unpaired) electrons. The zero-order valence-electron chi connectivity index (χ0n) is 12.9. The number of benzene rings is 2. The highest BCUT2D eigenvalue weighted by Crippen LogP contribution is 2.36. The van der Waals surface area contributed by atoms with Crippen molar-refractivity contribution in [1.82, 2.24) is 5.32 Å². The number of aromatic hydroxyl groups is 1. The molecule has 0 atom stereocenters. The van der Waals surface area contributed by atoms with Gasteiger partial charge in [-0.25, -0.2) is 4.99 Å². The first-order valence-electron chi connectivity index (χ1n) is 7.08. The number of aliphatic imine (C=N–C) groups is 1. The van der Waals surface area contributed by atoms with Crippen molar-refractivity contribution in [2.75, 3.05) is 7.11 Å². The normalized spacial score (nSPS) is 17.2. The summed E-state index contributed by atoms with van der Waals surface area (Å²) in [6.07, 6.45) is 1.74. The van der Waals surface area contributed by atoms with Crippen molar-refractivity contribution in [1.29, 1.82) is 0 Å². The number of carbonyl (C=O) groups is 1. The van der Waals surface area contributed by atoms with Crippen LogP contribution in [0.5, 0.6) is 11.5 Å². The summed E-state index contributed by atoms with van der Waals surface area (Å²) in [5.74, 6) is 0.525. The van der Waals surface area contributed by atoms with Gasteiger partial charge in [-0.15, -0.1) is 0 Å². The molecule has 1 fully saturated rings. The van der Waals surface area contributed by atoms with Crippen molar-refractivity contribution in [2.24, 2.45) is 4.99 Å². The smallest absolute Gasteiger partial charge is 0.264 e. The number of thioether (sulfide) groups is 1. The Morgan fingerprint density at radius 2 is 1.92 bits per heavy atom. The molecule has 2 aromatic carbocycles. The van der Waals surface area contributed by atoms with E-state index >= 15 is 0 Å². The van der Waals surface area contributed by atoms with Crippen molar-refractivity contribution >= 4 is 66.5 Å². The molecule has 0 aliphatic carbocycles. The first kappa shape index (κ1) is 18.0. The van der Waals surface area contributed by atoms with Gasteiger partial charge in [0.25, 0.3) is 5.91 Å². The van der Waals surface area contributed by atoms with E-state index < -0.39 is 0 Å². The van der Waals surface area contributed by atoms with E-state index in [-0.39, 0.29) is 11.7 Å². The van der Waals surface area contributed by atoms with Gasteiger partial charge in [0.05, 0.1) is 21.0 Å². The predicted molar refractivity (Wildman–Crippen MR) is 107 cm³/mol. The SMILES string of the molecule is COc1ccccc1N=C1NC(=O)/C(=C/c2cc(Br)c(O)c(Br)c2)S1. The van der Waals surface area contributed by atoms with E-state index in [1.807, 2.05) is 24.3 Å². The summed E-state index contributed by atoms with van der Waals surface area (Å²) in [4.78, 5) is 17.1. The molecule has 1 amide bonds. The Labute approximate surface area is 165 Å². The number of nitrogens with one attached hydrogen (secondary N) is 1. The van der Waals surface area contributed by atoms with Crippen LogP contribution in [0.15, 0.2) is 55.2 Å². The van der Waals surface area contributed by atoms with Gasteiger partial charge < -0.3 is 15.2 Å². The highest BCUT2D eigenvalue weighted by atomic mass is 79.9. The van der Waals surface area contributed by atoms with Crippen LogP contribution in [0.1, 0.15) is 5.56 Å². The second-order valence-corrected chi connectivity index (χ2v) is 7.73. The zero-order valence-corrected chi connectivity index (χ0v) is 16.9. The van der Waals surface area contributed by atoms with Gasteiger partial charge in [0.1, 0.15) is 17.2 Å². The fourth-order valence-electron chi connectivity index (χ4n) is 2.13. The first-order chi connectivity index (χ1) is 12.0. The highest BCUT2D eigenvalue weighted by molar-refractivity contribution is 9.11. The van der Waals surface area contributed by atoms with Crippen molar-refractivity contribution in [3.8, 4) is 11.5 Å². The second-order valence-electron chi connectivity index (χ2n) is 4.99. The molecule has 1 aliphatic rings. The van der Waals surface area contributed by atoms with Crippen LogP contribution in [-0.2, 0) is 4.79 Å². The van der Waals surface area contributed by atoms with Gasteiger partial charge in [-0.1, -0.05) is 12.1 Å². The standard InChI is InChI=1S/C17H12Br2N2O3S/c1-24-13-5-3-2-4-12(13)20-17-21-16(23)14(25-17)8-9-6-10(18)15(22)11(19)7-9/h2-8,22H,1H3,(H,20,21,23)/b14-8-. The Bertz CT molecular complexity index is 890. The summed E-state index contributed by atoms with van der Waals surface area (Å²) in [6, 6.07) is 10.8. The van der Waals surface area contributed by atoms with Crippen LogP contribution in [-0.4, -0.2) is 23.3 Å². The lowest BCUT2D eigenvalue weighted by atomic mass is 10.2. The molecule has 1 aliphatic heterocycles. The maximum atomic E-state index is 12.2. The first-order valence-corrected chi connectivity index (χ1v) is 9.49. The van der Waals surface area contributed by atoms with Crippen LogP contribution in [0, 0.1) is 0 Å². The number of carbonyl (C=O) groups excluding carboxylic acids is 1. The van der Waals surface area contributed by atoms with E-state index in [0.717, 1.165) is 5.56 Å². The number of hydrogen-bond donors (Lipinski definition) is 2. The van der Waals surface area contributed by atoms with E-state index in [0.29, 0.717) is 30.5 Å². The number of para-hydroxylation sites is 2. The number of methoxy groups -OCH3 is 1. The molecule has 8 heteroatoms. The van der Waals surface area contributed by atoms with Gasteiger partial charge in [-0.3, -0.25) is 4.79 Å². The fraction of sp³-hybridized carbons (Fsp3) is 0.0588. The minimum atomic E-state index is -0.223. The minimum absolute atomic E-state index is 0.115. The predicted octanol–water partition coefficient (Wildman–Crippen LogP) is 4.82. The van der Waals surface area contributed by atoms with Crippen LogP contribution in [0.4, 0.5) is 5.69 Å². The molecule has 2 aromatic rings. The summed E-state index contributed by atoms with van der Waals surface area (Å²) in [7, 11) is 1.57. The Morgan fingerprint density at radius 3 is 2.60 bits per heavy atom. The fourth-order valence-corrected chi connectivity index (χ4v) is 4.19. The van der Waals surface area contributed by atoms with E-state index in [9.17, 15) is 9.90 Å². The summed E-state index contributed by atoms with van der Waals surface area (Å²) in [6.45, 7) is 0.